The van der Waals surface area contributed by atoms with Crippen molar-refractivity contribution in [3.05, 3.63) is 65.7 Å². The number of para-hydroxylation sites is 1. The zero-order valence-electron chi connectivity index (χ0n) is 20.5. The highest BCUT2D eigenvalue weighted by atomic mass is 16.5. The van der Waals surface area contributed by atoms with Crippen LogP contribution in [0.3, 0.4) is 0 Å². The normalized spacial score (nSPS) is 33.4. The third-order valence-electron chi connectivity index (χ3n) is 9.18. The van der Waals surface area contributed by atoms with E-state index in [1.807, 2.05) is 6.08 Å². The molecule has 1 spiro atoms. The summed E-state index contributed by atoms with van der Waals surface area (Å²) in [7, 11) is 1.71. The summed E-state index contributed by atoms with van der Waals surface area (Å²) in [6.07, 6.45) is 6.70. The van der Waals surface area contributed by atoms with Crippen molar-refractivity contribution >= 4 is 5.69 Å². The number of nitrogens with zero attached hydrogens (tertiary/aromatic N) is 3. The van der Waals surface area contributed by atoms with E-state index >= 15 is 0 Å². The molecule has 2 saturated heterocycles. The zero-order chi connectivity index (χ0) is 23.6. The highest BCUT2D eigenvalue weighted by molar-refractivity contribution is 5.61. The van der Waals surface area contributed by atoms with Gasteiger partial charge in [0, 0.05) is 62.5 Å². The van der Waals surface area contributed by atoms with Crippen molar-refractivity contribution in [3.63, 3.8) is 0 Å². The minimum Gasteiger partial charge on any atom is -0.493 e. The third kappa shape index (κ3) is 3.41. The molecule has 0 amide bonds. The van der Waals surface area contributed by atoms with Gasteiger partial charge in [-0.2, -0.15) is 0 Å². The van der Waals surface area contributed by atoms with Crippen molar-refractivity contribution in [1.29, 1.82) is 0 Å². The number of hydrogen-bond acceptors (Lipinski definition) is 6. The monoisotopic (exact) mass is 473 g/mol. The van der Waals surface area contributed by atoms with Gasteiger partial charge in [-0.1, -0.05) is 36.4 Å². The second kappa shape index (κ2) is 8.26. The van der Waals surface area contributed by atoms with Crippen LogP contribution in [-0.2, 0) is 12.0 Å². The van der Waals surface area contributed by atoms with Crippen molar-refractivity contribution in [2.24, 2.45) is 0 Å². The highest BCUT2D eigenvalue weighted by Crippen LogP contribution is 2.55. The molecule has 4 heterocycles. The molecule has 1 aliphatic carbocycles. The minimum absolute atomic E-state index is 0.0224. The minimum atomic E-state index is -0.435. The van der Waals surface area contributed by atoms with E-state index in [0.717, 1.165) is 50.6 Å². The van der Waals surface area contributed by atoms with Crippen LogP contribution in [0.25, 0.3) is 0 Å². The highest BCUT2D eigenvalue weighted by Gasteiger charge is 2.53. The van der Waals surface area contributed by atoms with E-state index in [4.69, 9.17) is 9.47 Å². The van der Waals surface area contributed by atoms with Gasteiger partial charge in [-0.15, -0.1) is 0 Å². The fourth-order valence-corrected chi connectivity index (χ4v) is 7.41. The van der Waals surface area contributed by atoms with Crippen LogP contribution < -0.4 is 14.4 Å². The molecule has 2 aromatic rings. The van der Waals surface area contributed by atoms with E-state index in [2.05, 4.69) is 63.2 Å². The predicted molar refractivity (Wildman–Crippen MR) is 136 cm³/mol. The van der Waals surface area contributed by atoms with Gasteiger partial charge >= 0.3 is 0 Å². The predicted octanol–water partition coefficient (Wildman–Crippen LogP) is 3.18. The quantitative estimate of drug-likeness (QED) is 0.674. The Morgan fingerprint density at radius 1 is 1.06 bits per heavy atom. The SMILES string of the molecule is COc1ccc2c3c1OC1C[C@@H](O)C=C[C@@]31CCN(CCN1CC3CC1CN3c1ccccc1)C2. The number of piperazine rings is 1. The number of rotatable bonds is 5. The lowest BCUT2D eigenvalue weighted by Crippen LogP contribution is -2.48. The molecule has 0 aromatic heterocycles. The third-order valence-corrected chi connectivity index (χ3v) is 9.18. The van der Waals surface area contributed by atoms with Crippen LogP contribution in [0.5, 0.6) is 11.5 Å². The van der Waals surface area contributed by atoms with Gasteiger partial charge in [-0.3, -0.25) is 9.80 Å². The second-order valence-electron chi connectivity index (χ2n) is 11.0. The summed E-state index contributed by atoms with van der Waals surface area (Å²) in [6, 6.07) is 16.5. The van der Waals surface area contributed by atoms with Crippen LogP contribution in [0.4, 0.5) is 5.69 Å². The Bertz CT molecular complexity index is 1140. The number of fused-ring (bicyclic) bond motifs is 2. The molecule has 3 unspecified atom stereocenters. The van der Waals surface area contributed by atoms with Gasteiger partial charge < -0.3 is 19.5 Å². The molecule has 5 atom stereocenters. The van der Waals surface area contributed by atoms with Crippen molar-refractivity contribution < 1.29 is 14.6 Å². The Morgan fingerprint density at radius 2 is 1.94 bits per heavy atom. The number of aliphatic hydroxyl groups is 1. The standard InChI is InChI=1S/C29H35N3O3/c1-34-25-8-7-20-17-30(12-11-29-10-9-24(33)16-26(29)35-28(25)27(20)29)13-14-31-18-23-15-22(31)19-32(23)21-5-3-2-4-6-21/h2-10,22-24,26,33H,11-19H2,1H3/t22?,23?,24-,26?,29-/m0/s1. The van der Waals surface area contributed by atoms with E-state index in [0.29, 0.717) is 18.5 Å². The summed E-state index contributed by atoms with van der Waals surface area (Å²) in [6.45, 7) is 6.52. The number of benzene rings is 2. The first-order chi connectivity index (χ1) is 17.1. The fourth-order valence-electron chi connectivity index (χ4n) is 7.41. The number of methoxy groups -OCH3 is 1. The van der Waals surface area contributed by atoms with E-state index in [-0.39, 0.29) is 11.5 Å². The number of hydrogen-bond donors (Lipinski definition) is 1. The Morgan fingerprint density at radius 3 is 2.74 bits per heavy atom. The van der Waals surface area contributed by atoms with Gasteiger partial charge in [-0.05, 0) is 43.1 Å². The molecule has 7 rings (SSSR count). The molecule has 2 aromatic carbocycles. The van der Waals surface area contributed by atoms with Crippen molar-refractivity contribution in [2.75, 3.05) is 44.7 Å². The summed E-state index contributed by atoms with van der Waals surface area (Å²) in [5.41, 5.74) is 3.86. The van der Waals surface area contributed by atoms with Crippen molar-refractivity contribution in [1.82, 2.24) is 9.80 Å². The summed E-state index contributed by atoms with van der Waals surface area (Å²) in [4.78, 5) is 7.96. The Hall–Kier alpha value is -2.54. The van der Waals surface area contributed by atoms with Crippen LogP contribution in [0.1, 0.15) is 30.4 Å². The summed E-state index contributed by atoms with van der Waals surface area (Å²) in [5.74, 6) is 1.71. The van der Waals surface area contributed by atoms with Crippen LogP contribution >= 0.6 is 0 Å². The van der Waals surface area contributed by atoms with E-state index < -0.39 is 6.10 Å². The first-order valence-electron chi connectivity index (χ1n) is 13.2. The maximum Gasteiger partial charge on any atom is 0.166 e. The van der Waals surface area contributed by atoms with Gasteiger partial charge in [-0.25, -0.2) is 0 Å². The zero-order valence-corrected chi connectivity index (χ0v) is 20.5. The second-order valence-corrected chi connectivity index (χ2v) is 11.0. The Kier molecular flexibility index (Phi) is 5.12. The number of anilines is 1. The molecule has 2 fully saturated rings. The van der Waals surface area contributed by atoms with Gasteiger partial charge in [0.25, 0.3) is 0 Å². The lowest BCUT2D eigenvalue weighted by atomic mass is 9.69. The molecule has 0 saturated carbocycles. The van der Waals surface area contributed by atoms with Crippen molar-refractivity contribution in [3.8, 4) is 11.5 Å². The molecule has 184 valence electrons. The maximum absolute atomic E-state index is 10.3. The topological polar surface area (TPSA) is 48.4 Å². The van der Waals surface area contributed by atoms with Crippen LogP contribution in [0, 0.1) is 0 Å². The lowest BCUT2D eigenvalue weighted by Gasteiger charge is -2.37. The van der Waals surface area contributed by atoms with Gasteiger partial charge in [0.15, 0.2) is 11.5 Å². The van der Waals surface area contributed by atoms with Crippen LogP contribution in [0.15, 0.2) is 54.6 Å². The van der Waals surface area contributed by atoms with Crippen LogP contribution in [-0.4, -0.2) is 79.0 Å². The Labute approximate surface area is 207 Å². The summed E-state index contributed by atoms with van der Waals surface area (Å²) >= 11 is 0. The molecule has 2 bridgehead atoms. The average molecular weight is 474 g/mol. The smallest absolute Gasteiger partial charge is 0.166 e. The van der Waals surface area contributed by atoms with Gasteiger partial charge in [0.05, 0.1) is 18.6 Å². The number of aliphatic hydroxyl groups excluding tert-OH is 1. The fraction of sp³-hybridized carbons (Fsp3) is 0.517. The molecule has 6 nitrogen and oxygen atoms in total. The van der Waals surface area contributed by atoms with E-state index in [1.165, 1.54) is 29.8 Å². The molecule has 6 heteroatoms. The van der Waals surface area contributed by atoms with Crippen molar-refractivity contribution in [2.45, 2.75) is 55.5 Å². The van der Waals surface area contributed by atoms with Crippen LogP contribution in [0.2, 0.25) is 0 Å². The molecule has 1 N–H and O–H groups in total. The first kappa shape index (κ1) is 21.7. The molecule has 5 aliphatic rings. The molecular formula is C29H35N3O3. The van der Waals surface area contributed by atoms with E-state index in [9.17, 15) is 5.11 Å². The maximum atomic E-state index is 10.3. The van der Waals surface area contributed by atoms with Gasteiger partial charge in [0.2, 0.25) is 0 Å². The largest absolute Gasteiger partial charge is 0.493 e. The first-order valence-corrected chi connectivity index (χ1v) is 13.2. The summed E-state index contributed by atoms with van der Waals surface area (Å²) in [5, 5.41) is 10.3. The average Bonchev–Trinajstić information content (AvgIpc) is 3.54. The molecule has 4 aliphatic heterocycles. The van der Waals surface area contributed by atoms with Gasteiger partial charge in [0.1, 0.15) is 6.10 Å². The molecular weight excluding hydrogens is 438 g/mol. The lowest BCUT2D eigenvalue weighted by molar-refractivity contribution is 0.0801. The van der Waals surface area contributed by atoms with E-state index in [1.54, 1.807) is 7.11 Å². The Balaban J connectivity index is 1.07. The summed E-state index contributed by atoms with van der Waals surface area (Å²) < 4.78 is 12.1. The number of ether oxygens (including phenoxy) is 2. The molecule has 0 radical (unpaired) electrons. The molecule has 35 heavy (non-hydrogen) atoms. The number of likely N-dealkylation sites (tertiary alicyclic amines) is 1.